The zero-order chi connectivity index (χ0) is 11.8. The van der Waals surface area contributed by atoms with E-state index in [1.54, 1.807) is 6.92 Å². The van der Waals surface area contributed by atoms with Crippen LogP contribution in [0.1, 0.15) is 31.0 Å². The molecular weight excluding hydrogens is 210 g/mol. The lowest BCUT2D eigenvalue weighted by Gasteiger charge is -2.01. The predicted octanol–water partition coefficient (Wildman–Crippen LogP) is 0.765. The second kappa shape index (κ2) is 6.95. The van der Waals surface area contributed by atoms with Crippen molar-refractivity contribution in [3.63, 3.8) is 0 Å². The van der Waals surface area contributed by atoms with Crippen LogP contribution < -0.4 is 5.32 Å². The molecular formula is C10H17N3O3. The predicted molar refractivity (Wildman–Crippen MR) is 57.1 cm³/mol. The van der Waals surface area contributed by atoms with E-state index in [-0.39, 0.29) is 6.42 Å². The molecule has 2 N–H and O–H groups in total. The highest BCUT2D eigenvalue weighted by Crippen LogP contribution is 1.96. The van der Waals surface area contributed by atoms with Crippen LogP contribution >= 0.6 is 0 Å². The molecule has 0 aliphatic carbocycles. The third-order valence-electron chi connectivity index (χ3n) is 2.09. The molecule has 90 valence electrons. The molecule has 0 amide bonds. The van der Waals surface area contributed by atoms with Gasteiger partial charge in [0.1, 0.15) is 0 Å². The van der Waals surface area contributed by atoms with Crippen LogP contribution in [0.25, 0.3) is 0 Å². The molecule has 0 fully saturated rings. The Morgan fingerprint density at radius 2 is 2.25 bits per heavy atom. The normalized spacial score (nSPS) is 10.6. The second-order valence-corrected chi connectivity index (χ2v) is 3.58. The van der Waals surface area contributed by atoms with E-state index in [9.17, 15) is 4.79 Å². The first-order valence-corrected chi connectivity index (χ1v) is 5.40. The van der Waals surface area contributed by atoms with Gasteiger partial charge in [-0.15, -0.1) is 0 Å². The third-order valence-corrected chi connectivity index (χ3v) is 2.09. The van der Waals surface area contributed by atoms with E-state index in [2.05, 4.69) is 15.5 Å². The number of carbonyl (C=O) groups is 1. The Morgan fingerprint density at radius 1 is 1.44 bits per heavy atom. The van der Waals surface area contributed by atoms with Crippen LogP contribution in [0, 0.1) is 6.92 Å². The summed E-state index contributed by atoms with van der Waals surface area (Å²) in [6, 6.07) is 0. The molecule has 0 aliphatic heterocycles. The molecule has 0 saturated heterocycles. The van der Waals surface area contributed by atoms with Crippen molar-refractivity contribution in [1.82, 2.24) is 15.5 Å². The number of carboxylic acid groups (broad SMARTS) is 1. The van der Waals surface area contributed by atoms with Gasteiger partial charge in [0.05, 0.1) is 0 Å². The first-order chi connectivity index (χ1) is 7.68. The maximum Gasteiger partial charge on any atom is 0.303 e. The maximum atomic E-state index is 10.2. The third kappa shape index (κ3) is 5.45. The molecule has 1 aromatic heterocycles. The van der Waals surface area contributed by atoms with Gasteiger partial charge in [0, 0.05) is 26.3 Å². The number of unbranched alkanes of at least 4 members (excludes halogenated alkanes) is 1. The molecule has 6 nitrogen and oxygen atoms in total. The first kappa shape index (κ1) is 12.6. The van der Waals surface area contributed by atoms with Crippen molar-refractivity contribution >= 4 is 5.97 Å². The minimum atomic E-state index is -0.734. The van der Waals surface area contributed by atoms with Gasteiger partial charge in [-0.25, -0.2) is 0 Å². The number of nitrogens with zero attached hydrogens (tertiary/aromatic N) is 2. The van der Waals surface area contributed by atoms with Crippen molar-refractivity contribution < 1.29 is 14.4 Å². The van der Waals surface area contributed by atoms with E-state index in [1.165, 1.54) is 0 Å². The first-order valence-electron chi connectivity index (χ1n) is 5.40. The van der Waals surface area contributed by atoms with E-state index in [0.717, 1.165) is 25.9 Å². The van der Waals surface area contributed by atoms with Crippen molar-refractivity contribution in [1.29, 1.82) is 0 Å². The lowest BCUT2D eigenvalue weighted by molar-refractivity contribution is -0.137. The summed E-state index contributed by atoms with van der Waals surface area (Å²) in [7, 11) is 0. The molecule has 0 spiro atoms. The number of nitrogens with one attached hydrogen (secondary N) is 1. The van der Waals surface area contributed by atoms with Crippen molar-refractivity contribution in [3.8, 4) is 0 Å². The van der Waals surface area contributed by atoms with Crippen molar-refractivity contribution in [2.75, 3.05) is 13.1 Å². The van der Waals surface area contributed by atoms with Crippen LogP contribution in [0.2, 0.25) is 0 Å². The molecule has 1 aromatic rings. The Bertz CT molecular complexity index is 325. The molecule has 0 bridgehead atoms. The van der Waals surface area contributed by atoms with E-state index in [0.29, 0.717) is 18.1 Å². The SMILES string of the molecule is Cc1nc(CCNCCCCC(=O)O)no1. The second-order valence-electron chi connectivity index (χ2n) is 3.58. The highest BCUT2D eigenvalue weighted by Gasteiger charge is 2.01. The molecule has 1 heterocycles. The standard InChI is InChI=1S/C10H17N3O3/c1-8-12-9(13-16-8)5-7-11-6-3-2-4-10(14)15/h11H,2-7H2,1H3,(H,14,15). The summed E-state index contributed by atoms with van der Waals surface area (Å²) in [5, 5.41) is 15.4. The Hall–Kier alpha value is -1.43. The Kier molecular flexibility index (Phi) is 5.49. The molecule has 0 aliphatic rings. The van der Waals surface area contributed by atoms with Crippen molar-refractivity contribution in [2.24, 2.45) is 0 Å². The highest BCUT2D eigenvalue weighted by atomic mass is 16.5. The fraction of sp³-hybridized carbons (Fsp3) is 0.700. The zero-order valence-electron chi connectivity index (χ0n) is 9.40. The molecule has 0 radical (unpaired) electrons. The molecule has 1 rings (SSSR count). The van der Waals surface area contributed by atoms with Crippen molar-refractivity contribution in [3.05, 3.63) is 11.7 Å². The topological polar surface area (TPSA) is 88.2 Å². The summed E-state index contributed by atoms with van der Waals surface area (Å²) in [6.07, 6.45) is 2.56. The van der Waals surface area contributed by atoms with E-state index >= 15 is 0 Å². The van der Waals surface area contributed by atoms with Gasteiger partial charge in [-0.05, 0) is 19.4 Å². The van der Waals surface area contributed by atoms with Gasteiger partial charge in [-0.3, -0.25) is 4.79 Å². The van der Waals surface area contributed by atoms with E-state index in [1.807, 2.05) is 0 Å². The zero-order valence-corrected chi connectivity index (χ0v) is 9.40. The number of aromatic nitrogens is 2. The summed E-state index contributed by atoms with van der Waals surface area (Å²) in [6.45, 7) is 3.37. The molecule has 16 heavy (non-hydrogen) atoms. The Balaban J connectivity index is 1.94. The van der Waals surface area contributed by atoms with Gasteiger partial charge in [0.15, 0.2) is 5.82 Å². The maximum absolute atomic E-state index is 10.2. The Labute approximate surface area is 94.0 Å². The number of hydrogen-bond acceptors (Lipinski definition) is 5. The van der Waals surface area contributed by atoms with Gasteiger partial charge < -0.3 is 14.9 Å². The summed E-state index contributed by atoms with van der Waals surface area (Å²) >= 11 is 0. The molecule has 0 unspecified atom stereocenters. The molecule has 0 atom stereocenters. The van der Waals surface area contributed by atoms with E-state index in [4.69, 9.17) is 9.63 Å². The number of aliphatic carboxylic acids is 1. The summed E-state index contributed by atoms with van der Waals surface area (Å²) in [4.78, 5) is 14.3. The van der Waals surface area contributed by atoms with Gasteiger partial charge in [-0.2, -0.15) is 4.98 Å². The van der Waals surface area contributed by atoms with Crippen molar-refractivity contribution in [2.45, 2.75) is 32.6 Å². The van der Waals surface area contributed by atoms with Crippen LogP contribution in [-0.4, -0.2) is 34.3 Å². The molecule has 6 heteroatoms. The summed E-state index contributed by atoms with van der Waals surface area (Å²) in [5.41, 5.74) is 0. The van der Waals surface area contributed by atoms with Crippen LogP contribution in [0.15, 0.2) is 4.52 Å². The fourth-order valence-electron chi connectivity index (χ4n) is 1.29. The van der Waals surface area contributed by atoms with Crippen LogP contribution in [0.4, 0.5) is 0 Å². The largest absolute Gasteiger partial charge is 0.481 e. The molecule has 0 aromatic carbocycles. The van der Waals surface area contributed by atoms with Crippen LogP contribution in [0.3, 0.4) is 0 Å². The minimum Gasteiger partial charge on any atom is -0.481 e. The average Bonchev–Trinajstić information content (AvgIpc) is 2.62. The summed E-state index contributed by atoms with van der Waals surface area (Å²) < 4.78 is 4.83. The smallest absolute Gasteiger partial charge is 0.303 e. The lowest BCUT2D eigenvalue weighted by Crippen LogP contribution is -2.19. The van der Waals surface area contributed by atoms with Gasteiger partial charge in [0.25, 0.3) is 0 Å². The van der Waals surface area contributed by atoms with Gasteiger partial charge in [0.2, 0.25) is 5.89 Å². The quantitative estimate of drug-likeness (QED) is 0.637. The number of carboxylic acids is 1. The average molecular weight is 227 g/mol. The Morgan fingerprint density at radius 3 is 2.88 bits per heavy atom. The minimum absolute atomic E-state index is 0.242. The summed E-state index contributed by atoms with van der Waals surface area (Å²) in [5.74, 6) is 0.550. The number of aryl methyl sites for hydroxylation is 1. The number of hydrogen-bond donors (Lipinski definition) is 2. The van der Waals surface area contributed by atoms with Crippen LogP contribution in [-0.2, 0) is 11.2 Å². The van der Waals surface area contributed by atoms with Gasteiger partial charge >= 0.3 is 5.97 Å². The molecule has 0 saturated carbocycles. The number of rotatable bonds is 8. The monoisotopic (exact) mass is 227 g/mol. The van der Waals surface area contributed by atoms with Gasteiger partial charge in [-0.1, -0.05) is 5.16 Å². The fourth-order valence-corrected chi connectivity index (χ4v) is 1.29. The van der Waals surface area contributed by atoms with Crippen LogP contribution in [0.5, 0.6) is 0 Å². The lowest BCUT2D eigenvalue weighted by atomic mass is 10.2. The highest BCUT2D eigenvalue weighted by molar-refractivity contribution is 5.66. The van der Waals surface area contributed by atoms with E-state index < -0.39 is 5.97 Å².